The van der Waals surface area contributed by atoms with Crippen LogP contribution in [0, 0.1) is 0 Å². The van der Waals surface area contributed by atoms with Gasteiger partial charge in [-0.3, -0.25) is 0 Å². The smallest absolute Gasteiger partial charge is 0.200 e. The summed E-state index contributed by atoms with van der Waals surface area (Å²) in [6.45, 7) is 18.1. The van der Waals surface area contributed by atoms with E-state index in [1.807, 2.05) is 6.07 Å². The molecular formula is C24H44O2Si. The minimum absolute atomic E-state index is 0.387. The lowest BCUT2D eigenvalue weighted by molar-refractivity contribution is 0.116. The van der Waals surface area contributed by atoms with Gasteiger partial charge in [0.2, 0.25) is 8.32 Å². The van der Waals surface area contributed by atoms with Crippen molar-refractivity contribution in [1.29, 1.82) is 0 Å². The number of hydrogen-bond donors (Lipinski definition) is 0. The second kappa shape index (κ2) is 12.7. The number of ether oxygens (including phenoxy) is 1. The maximum Gasteiger partial charge on any atom is 0.200 e. The highest BCUT2D eigenvalue weighted by atomic mass is 28.4. The van der Waals surface area contributed by atoms with Gasteiger partial charge in [0.1, 0.15) is 0 Å². The highest BCUT2D eigenvalue weighted by molar-refractivity contribution is 6.77. The van der Waals surface area contributed by atoms with Gasteiger partial charge in [-0.1, -0.05) is 91.1 Å². The van der Waals surface area contributed by atoms with Gasteiger partial charge in [0, 0.05) is 12.7 Å². The van der Waals surface area contributed by atoms with Crippen molar-refractivity contribution in [2.75, 3.05) is 6.61 Å². The normalized spacial score (nSPS) is 13.7. The molecule has 0 aliphatic carbocycles. The average molecular weight is 393 g/mol. The number of rotatable bonds is 14. The van der Waals surface area contributed by atoms with Crippen molar-refractivity contribution in [3.05, 3.63) is 35.9 Å². The van der Waals surface area contributed by atoms with Crippen LogP contribution in [0.3, 0.4) is 0 Å². The zero-order valence-corrected chi connectivity index (χ0v) is 20.0. The first-order valence-corrected chi connectivity index (χ1v) is 13.2. The van der Waals surface area contributed by atoms with E-state index in [2.05, 4.69) is 72.7 Å². The third-order valence-corrected chi connectivity index (χ3v) is 12.1. The van der Waals surface area contributed by atoms with Crippen molar-refractivity contribution in [3.63, 3.8) is 0 Å². The summed E-state index contributed by atoms with van der Waals surface area (Å²) in [7, 11) is -1.73. The van der Waals surface area contributed by atoms with Crippen LogP contribution in [0.5, 0.6) is 0 Å². The molecule has 0 fully saturated rings. The van der Waals surface area contributed by atoms with Crippen LogP contribution >= 0.6 is 0 Å². The van der Waals surface area contributed by atoms with Crippen LogP contribution in [0.15, 0.2) is 30.3 Å². The Kier molecular flexibility index (Phi) is 11.5. The summed E-state index contributed by atoms with van der Waals surface area (Å²) in [5.74, 6) is 0. The summed E-state index contributed by atoms with van der Waals surface area (Å²) in [5.41, 5.74) is 3.27. The third-order valence-electron chi connectivity index (χ3n) is 5.87. The number of unbranched alkanes of at least 4 members (excludes halogenated alkanes) is 3. The largest absolute Gasteiger partial charge is 0.413 e. The SMILES string of the molecule is CC(C)[Si](O[C@H](C)CCCCCCOCc1ccccc1)(C(C)C)C(C)C. The van der Waals surface area contributed by atoms with E-state index in [0.717, 1.165) is 19.6 Å². The fourth-order valence-corrected chi connectivity index (χ4v) is 10.2. The van der Waals surface area contributed by atoms with Crippen LogP contribution in [0.25, 0.3) is 0 Å². The molecule has 0 radical (unpaired) electrons. The molecule has 0 aromatic heterocycles. The molecule has 1 atom stereocenters. The van der Waals surface area contributed by atoms with Gasteiger partial charge in [0.25, 0.3) is 0 Å². The molecule has 1 aromatic rings. The fraction of sp³-hybridized carbons (Fsp3) is 0.750. The molecule has 0 unspecified atom stereocenters. The minimum Gasteiger partial charge on any atom is -0.413 e. The number of hydrogen-bond acceptors (Lipinski definition) is 2. The molecule has 0 amide bonds. The second-order valence-electron chi connectivity index (χ2n) is 8.99. The summed E-state index contributed by atoms with van der Waals surface area (Å²) in [5, 5.41) is 0. The molecular weight excluding hydrogens is 348 g/mol. The molecule has 2 nitrogen and oxygen atoms in total. The Balaban J connectivity index is 2.19. The van der Waals surface area contributed by atoms with Crippen LogP contribution < -0.4 is 0 Å². The molecule has 156 valence electrons. The summed E-state index contributed by atoms with van der Waals surface area (Å²) < 4.78 is 12.6. The van der Waals surface area contributed by atoms with Gasteiger partial charge in [-0.25, -0.2) is 0 Å². The Morgan fingerprint density at radius 3 is 1.85 bits per heavy atom. The van der Waals surface area contributed by atoms with E-state index >= 15 is 0 Å². The molecule has 0 heterocycles. The summed E-state index contributed by atoms with van der Waals surface area (Å²) in [4.78, 5) is 0. The average Bonchev–Trinajstić information content (AvgIpc) is 2.61. The van der Waals surface area contributed by atoms with Gasteiger partial charge in [0.05, 0.1) is 6.61 Å². The summed E-state index contributed by atoms with van der Waals surface area (Å²) in [6.07, 6.45) is 6.53. The maximum absolute atomic E-state index is 6.83. The van der Waals surface area contributed by atoms with Gasteiger partial charge in [0.15, 0.2) is 0 Å². The van der Waals surface area contributed by atoms with E-state index < -0.39 is 8.32 Å². The molecule has 0 saturated carbocycles. The molecule has 0 aliphatic rings. The lowest BCUT2D eigenvalue weighted by Gasteiger charge is -2.44. The first-order valence-electron chi connectivity index (χ1n) is 11.1. The minimum atomic E-state index is -1.73. The summed E-state index contributed by atoms with van der Waals surface area (Å²) >= 11 is 0. The van der Waals surface area contributed by atoms with Crippen molar-refractivity contribution in [3.8, 4) is 0 Å². The van der Waals surface area contributed by atoms with Crippen LogP contribution in [0.1, 0.15) is 86.1 Å². The molecule has 0 bridgehead atoms. The van der Waals surface area contributed by atoms with Crippen LogP contribution in [-0.2, 0) is 15.8 Å². The van der Waals surface area contributed by atoms with Crippen molar-refractivity contribution >= 4 is 8.32 Å². The third kappa shape index (κ3) is 8.09. The first-order chi connectivity index (χ1) is 12.8. The molecule has 0 spiro atoms. The first kappa shape index (κ1) is 24.4. The summed E-state index contributed by atoms with van der Waals surface area (Å²) in [6, 6.07) is 10.4. The second-order valence-corrected chi connectivity index (χ2v) is 14.4. The predicted molar refractivity (Wildman–Crippen MR) is 121 cm³/mol. The van der Waals surface area contributed by atoms with Gasteiger partial charge >= 0.3 is 0 Å². The van der Waals surface area contributed by atoms with Gasteiger partial charge in [-0.05, 0) is 42.0 Å². The van der Waals surface area contributed by atoms with Crippen molar-refractivity contribution < 1.29 is 9.16 Å². The molecule has 0 N–H and O–H groups in total. The molecule has 0 saturated heterocycles. The van der Waals surface area contributed by atoms with E-state index in [1.165, 1.54) is 31.2 Å². The Bertz CT molecular complexity index is 463. The predicted octanol–water partition coefficient (Wildman–Crippen LogP) is 7.73. The molecule has 1 rings (SSSR count). The zero-order valence-electron chi connectivity index (χ0n) is 19.0. The van der Waals surface area contributed by atoms with Gasteiger partial charge in [-0.15, -0.1) is 0 Å². The highest BCUT2D eigenvalue weighted by Crippen LogP contribution is 2.43. The quantitative estimate of drug-likeness (QED) is 0.238. The Morgan fingerprint density at radius 1 is 0.741 bits per heavy atom. The topological polar surface area (TPSA) is 18.5 Å². The number of benzene rings is 1. The molecule has 1 aromatic carbocycles. The molecule has 27 heavy (non-hydrogen) atoms. The van der Waals surface area contributed by atoms with Crippen LogP contribution in [-0.4, -0.2) is 21.0 Å². The van der Waals surface area contributed by atoms with E-state index in [9.17, 15) is 0 Å². The van der Waals surface area contributed by atoms with E-state index in [-0.39, 0.29) is 0 Å². The zero-order chi connectivity index (χ0) is 20.3. The standard InChI is InChI=1S/C24H44O2Si/c1-20(2)27(21(3)4,22(5)6)26-23(7)15-11-8-9-14-18-25-19-24-16-12-10-13-17-24/h10,12-13,16-17,20-23H,8-9,11,14-15,18-19H2,1-7H3/t23-/m1/s1. The molecule has 3 heteroatoms. The van der Waals surface area contributed by atoms with Crippen molar-refractivity contribution in [2.24, 2.45) is 0 Å². The van der Waals surface area contributed by atoms with Crippen molar-refractivity contribution in [1.82, 2.24) is 0 Å². The van der Waals surface area contributed by atoms with E-state index in [1.54, 1.807) is 0 Å². The van der Waals surface area contributed by atoms with E-state index in [4.69, 9.17) is 9.16 Å². The Labute approximate surface area is 170 Å². The lowest BCUT2D eigenvalue weighted by Crippen LogP contribution is -2.49. The lowest BCUT2D eigenvalue weighted by atomic mass is 10.1. The monoisotopic (exact) mass is 392 g/mol. The fourth-order valence-electron chi connectivity index (χ4n) is 4.57. The molecule has 0 aliphatic heterocycles. The highest BCUT2D eigenvalue weighted by Gasteiger charge is 2.45. The maximum atomic E-state index is 6.83. The van der Waals surface area contributed by atoms with Gasteiger partial charge < -0.3 is 9.16 Å². The van der Waals surface area contributed by atoms with E-state index in [0.29, 0.717) is 22.7 Å². The van der Waals surface area contributed by atoms with Crippen LogP contribution in [0.4, 0.5) is 0 Å². The van der Waals surface area contributed by atoms with Gasteiger partial charge in [-0.2, -0.15) is 0 Å². The Hall–Kier alpha value is -0.643. The Morgan fingerprint density at radius 2 is 1.30 bits per heavy atom. The van der Waals surface area contributed by atoms with Crippen LogP contribution in [0.2, 0.25) is 16.6 Å². The van der Waals surface area contributed by atoms with Crippen molar-refractivity contribution in [2.45, 2.75) is 110 Å².